The zero-order valence-electron chi connectivity index (χ0n) is 20.9. The number of carbonyl (C=O) groups excluding carboxylic acids is 2. The van der Waals surface area contributed by atoms with Crippen molar-refractivity contribution in [3.05, 3.63) is 65.7 Å². The zero-order valence-corrected chi connectivity index (χ0v) is 20.9. The molecule has 2 aromatic rings. The first kappa shape index (κ1) is 25.2. The summed E-state index contributed by atoms with van der Waals surface area (Å²) >= 11 is 0. The lowest BCUT2D eigenvalue weighted by Crippen LogP contribution is -2.53. The van der Waals surface area contributed by atoms with E-state index in [1.54, 1.807) is 0 Å². The molecular weight excluding hydrogens is 438 g/mol. The van der Waals surface area contributed by atoms with E-state index in [4.69, 9.17) is 0 Å². The van der Waals surface area contributed by atoms with Crippen molar-refractivity contribution in [2.24, 2.45) is 5.92 Å². The van der Waals surface area contributed by atoms with Gasteiger partial charge in [-0.2, -0.15) is 0 Å². The van der Waals surface area contributed by atoms with Crippen molar-refractivity contribution < 1.29 is 9.59 Å². The van der Waals surface area contributed by atoms with Gasteiger partial charge in [0.25, 0.3) is 0 Å². The van der Waals surface area contributed by atoms with Crippen LogP contribution in [0.3, 0.4) is 0 Å². The Bertz CT molecular complexity index is 959. The van der Waals surface area contributed by atoms with Crippen LogP contribution in [0.15, 0.2) is 54.6 Å². The van der Waals surface area contributed by atoms with Crippen molar-refractivity contribution >= 4 is 17.6 Å². The Kier molecular flexibility index (Phi) is 9.15. The van der Waals surface area contributed by atoms with Gasteiger partial charge in [0.15, 0.2) is 0 Å². The maximum absolute atomic E-state index is 12.8. The van der Waals surface area contributed by atoms with Crippen LogP contribution in [0, 0.1) is 5.92 Å². The number of piperidine rings is 1. The van der Waals surface area contributed by atoms with Crippen molar-refractivity contribution in [2.45, 2.75) is 32.7 Å². The van der Waals surface area contributed by atoms with E-state index in [0.717, 1.165) is 50.3 Å². The van der Waals surface area contributed by atoms with E-state index in [1.165, 1.54) is 12.0 Å². The molecule has 2 N–H and O–H groups in total. The molecule has 2 aromatic carbocycles. The largest absolute Gasteiger partial charge is 0.338 e. The third-order valence-electron chi connectivity index (χ3n) is 7.09. The first-order valence-corrected chi connectivity index (χ1v) is 13.0. The van der Waals surface area contributed by atoms with Crippen LogP contribution in [-0.4, -0.2) is 79.0 Å². The Labute approximate surface area is 209 Å². The monoisotopic (exact) mass is 477 g/mol. The highest BCUT2D eigenvalue weighted by atomic mass is 16.2. The van der Waals surface area contributed by atoms with Gasteiger partial charge in [-0.25, -0.2) is 4.79 Å². The number of para-hydroxylation sites is 1. The Morgan fingerprint density at radius 1 is 0.914 bits per heavy atom. The summed E-state index contributed by atoms with van der Waals surface area (Å²) in [5.74, 6) is 0.494. The third-order valence-corrected chi connectivity index (χ3v) is 7.09. The number of piperazine rings is 1. The average Bonchev–Trinajstić information content (AvgIpc) is 2.89. The van der Waals surface area contributed by atoms with Crippen LogP contribution >= 0.6 is 0 Å². The molecule has 2 fully saturated rings. The molecule has 35 heavy (non-hydrogen) atoms. The molecule has 1 atom stereocenters. The lowest BCUT2D eigenvalue weighted by Gasteiger charge is -2.36. The van der Waals surface area contributed by atoms with Gasteiger partial charge in [0, 0.05) is 51.5 Å². The smallest absolute Gasteiger partial charge is 0.317 e. The minimum absolute atomic E-state index is 0.00107. The van der Waals surface area contributed by atoms with E-state index in [2.05, 4.69) is 57.7 Å². The van der Waals surface area contributed by atoms with Crippen LogP contribution in [0.25, 0.3) is 0 Å². The van der Waals surface area contributed by atoms with Crippen molar-refractivity contribution in [1.29, 1.82) is 0 Å². The van der Waals surface area contributed by atoms with Crippen molar-refractivity contribution in [2.75, 3.05) is 57.7 Å². The predicted octanol–water partition coefficient (Wildman–Crippen LogP) is 3.43. The van der Waals surface area contributed by atoms with Crippen molar-refractivity contribution in [1.82, 2.24) is 20.0 Å². The second kappa shape index (κ2) is 12.7. The summed E-state index contributed by atoms with van der Waals surface area (Å²) in [6.07, 6.45) is 3.22. The van der Waals surface area contributed by atoms with Gasteiger partial charge < -0.3 is 15.5 Å². The average molecular weight is 478 g/mol. The summed E-state index contributed by atoms with van der Waals surface area (Å²) < 4.78 is 0. The summed E-state index contributed by atoms with van der Waals surface area (Å²) in [7, 11) is 0. The van der Waals surface area contributed by atoms with Gasteiger partial charge in [0.05, 0.1) is 6.54 Å². The van der Waals surface area contributed by atoms with E-state index >= 15 is 0 Å². The fraction of sp³-hybridized carbons (Fsp3) is 0.500. The second-order valence-electron chi connectivity index (χ2n) is 9.74. The highest BCUT2D eigenvalue weighted by molar-refractivity contribution is 5.93. The van der Waals surface area contributed by atoms with Gasteiger partial charge >= 0.3 is 6.03 Å². The SMILES string of the molecule is CCc1ccccc1NC(=O)CN1CCN(C(=O)NCC2CCCN(Cc3ccccc3)C2)CC1. The predicted molar refractivity (Wildman–Crippen MR) is 140 cm³/mol. The molecule has 0 aliphatic carbocycles. The van der Waals surface area contributed by atoms with E-state index < -0.39 is 0 Å². The number of rotatable bonds is 8. The lowest BCUT2D eigenvalue weighted by molar-refractivity contribution is -0.117. The minimum Gasteiger partial charge on any atom is -0.338 e. The first-order chi connectivity index (χ1) is 17.1. The summed E-state index contributed by atoms with van der Waals surface area (Å²) in [4.78, 5) is 31.8. The molecule has 7 nitrogen and oxygen atoms in total. The Morgan fingerprint density at radius 2 is 1.66 bits per heavy atom. The van der Waals surface area contributed by atoms with Gasteiger partial charge in [0.2, 0.25) is 5.91 Å². The Hall–Kier alpha value is -2.90. The van der Waals surface area contributed by atoms with Gasteiger partial charge in [-0.05, 0) is 48.9 Å². The number of carbonyl (C=O) groups is 2. The quantitative estimate of drug-likeness (QED) is 0.611. The fourth-order valence-corrected chi connectivity index (χ4v) is 5.10. The molecule has 0 radical (unpaired) electrons. The Morgan fingerprint density at radius 3 is 2.43 bits per heavy atom. The van der Waals surface area contributed by atoms with Gasteiger partial charge in [0.1, 0.15) is 0 Å². The molecule has 2 heterocycles. The molecule has 3 amide bonds. The molecule has 0 spiro atoms. The van der Waals surface area contributed by atoms with E-state index in [9.17, 15) is 9.59 Å². The molecule has 2 saturated heterocycles. The minimum atomic E-state index is 0.00107. The number of aryl methyl sites for hydroxylation is 1. The molecule has 188 valence electrons. The molecule has 7 heteroatoms. The first-order valence-electron chi connectivity index (χ1n) is 13.0. The molecule has 2 aliphatic rings. The number of nitrogens with zero attached hydrogens (tertiary/aromatic N) is 3. The Balaban J connectivity index is 1.15. The molecule has 0 bridgehead atoms. The second-order valence-corrected chi connectivity index (χ2v) is 9.74. The standard InChI is InChI=1S/C28H39N5O2/c1-2-25-12-6-7-13-26(25)30-27(34)22-31-15-17-33(18-16-31)28(35)29-19-24-11-8-14-32(21-24)20-23-9-4-3-5-10-23/h3-7,9-10,12-13,24H,2,8,11,14-22H2,1H3,(H,29,35)(H,30,34). The van der Waals surface area contributed by atoms with Crippen LogP contribution in [-0.2, 0) is 17.8 Å². The highest BCUT2D eigenvalue weighted by Gasteiger charge is 2.25. The fourth-order valence-electron chi connectivity index (χ4n) is 5.10. The van der Waals surface area contributed by atoms with E-state index in [-0.39, 0.29) is 11.9 Å². The number of hydrogen-bond acceptors (Lipinski definition) is 4. The highest BCUT2D eigenvalue weighted by Crippen LogP contribution is 2.18. The molecular formula is C28H39N5O2. The van der Waals surface area contributed by atoms with Crippen molar-refractivity contribution in [3.8, 4) is 0 Å². The summed E-state index contributed by atoms with van der Waals surface area (Å²) in [6.45, 7) is 9.02. The number of amides is 3. The summed E-state index contributed by atoms with van der Waals surface area (Å²) in [6, 6.07) is 18.5. The topological polar surface area (TPSA) is 67.9 Å². The maximum atomic E-state index is 12.8. The lowest BCUT2D eigenvalue weighted by atomic mass is 9.97. The van der Waals surface area contributed by atoms with Crippen molar-refractivity contribution in [3.63, 3.8) is 0 Å². The van der Waals surface area contributed by atoms with Crippen LogP contribution in [0.1, 0.15) is 30.9 Å². The van der Waals surface area contributed by atoms with Gasteiger partial charge in [-0.1, -0.05) is 55.5 Å². The third kappa shape index (κ3) is 7.54. The summed E-state index contributed by atoms with van der Waals surface area (Å²) in [5, 5.41) is 6.21. The number of urea groups is 1. The van der Waals surface area contributed by atoms with E-state index in [0.29, 0.717) is 38.6 Å². The van der Waals surface area contributed by atoms with E-state index in [1.807, 2.05) is 29.2 Å². The van der Waals surface area contributed by atoms with Gasteiger partial charge in [-0.15, -0.1) is 0 Å². The number of benzene rings is 2. The molecule has 0 saturated carbocycles. The molecule has 2 aliphatic heterocycles. The maximum Gasteiger partial charge on any atom is 0.317 e. The van der Waals surface area contributed by atoms with Crippen LogP contribution in [0.5, 0.6) is 0 Å². The number of likely N-dealkylation sites (tertiary alicyclic amines) is 1. The normalized spacial score (nSPS) is 19.3. The van der Waals surface area contributed by atoms with Gasteiger partial charge in [-0.3, -0.25) is 14.6 Å². The van der Waals surface area contributed by atoms with Crippen LogP contribution in [0.4, 0.5) is 10.5 Å². The molecule has 1 unspecified atom stereocenters. The number of nitrogens with one attached hydrogen (secondary N) is 2. The zero-order chi connectivity index (χ0) is 24.5. The van der Waals surface area contributed by atoms with Crippen LogP contribution < -0.4 is 10.6 Å². The molecule has 0 aromatic heterocycles. The summed E-state index contributed by atoms with van der Waals surface area (Å²) in [5.41, 5.74) is 3.38. The molecule has 4 rings (SSSR count). The van der Waals surface area contributed by atoms with Crippen LogP contribution in [0.2, 0.25) is 0 Å². The number of anilines is 1. The number of hydrogen-bond donors (Lipinski definition) is 2.